The van der Waals surface area contributed by atoms with E-state index in [4.69, 9.17) is 0 Å². The van der Waals surface area contributed by atoms with Gasteiger partial charge in [0.2, 0.25) is 0 Å². The molecule has 0 aromatic rings. The smallest absolute Gasteiger partial charge is 0.00952 e. The van der Waals surface area contributed by atoms with Crippen molar-refractivity contribution in [1.29, 1.82) is 0 Å². The van der Waals surface area contributed by atoms with Crippen molar-refractivity contribution in [1.82, 2.24) is 5.32 Å². The molecule has 0 aromatic heterocycles. The molecule has 0 radical (unpaired) electrons. The SMILES string of the molecule is CCCNC1CCCC(C)C1C. The minimum atomic E-state index is 0.800. The molecule has 1 fully saturated rings. The molecule has 1 rings (SSSR count). The van der Waals surface area contributed by atoms with Crippen LogP contribution in [0.15, 0.2) is 0 Å². The summed E-state index contributed by atoms with van der Waals surface area (Å²) in [5.74, 6) is 1.80. The first-order valence-electron chi connectivity index (χ1n) is 5.49. The Balaban J connectivity index is 2.30. The maximum absolute atomic E-state index is 3.65. The van der Waals surface area contributed by atoms with Crippen LogP contribution in [0.5, 0.6) is 0 Å². The van der Waals surface area contributed by atoms with Crippen LogP contribution in [0.4, 0.5) is 0 Å². The van der Waals surface area contributed by atoms with Crippen LogP contribution < -0.4 is 5.32 Å². The van der Waals surface area contributed by atoms with E-state index in [0.29, 0.717) is 0 Å². The first-order chi connectivity index (χ1) is 5.75. The lowest BCUT2D eigenvalue weighted by Crippen LogP contribution is -2.40. The molecule has 72 valence electrons. The van der Waals surface area contributed by atoms with Crippen LogP contribution in [-0.2, 0) is 0 Å². The summed E-state index contributed by atoms with van der Waals surface area (Å²) < 4.78 is 0. The molecule has 1 N–H and O–H groups in total. The molecular weight excluding hydrogens is 146 g/mol. The topological polar surface area (TPSA) is 12.0 Å². The standard InChI is InChI=1S/C11H23N/c1-4-8-12-11-7-5-6-9(2)10(11)3/h9-12H,4-8H2,1-3H3. The quantitative estimate of drug-likeness (QED) is 0.685. The van der Waals surface area contributed by atoms with Gasteiger partial charge in [0, 0.05) is 6.04 Å². The summed E-state index contributed by atoms with van der Waals surface area (Å²) in [6.07, 6.45) is 5.52. The van der Waals surface area contributed by atoms with Crippen LogP contribution in [0.3, 0.4) is 0 Å². The summed E-state index contributed by atoms with van der Waals surface area (Å²) in [6.45, 7) is 8.23. The molecule has 0 saturated heterocycles. The lowest BCUT2D eigenvalue weighted by atomic mass is 9.78. The molecule has 0 heterocycles. The van der Waals surface area contributed by atoms with Gasteiger partial charge in [-0.1, -0.05) is 33.6 Å². The minimum Gasteiger partial charge on any atom is -0.314 e. The highest BCUT2D eigenvalue weighted by Gasteiger charge is 2.25. The zero-order chi connectivity index (χ0) is 8.97. The molecule has 1 aliphatic carbocycles. The third kappa shape index (κ3) is 2.48. The van der Waals surface area contributed by atoms with Crippen molar-refractivity contribution in [3.8, 4) is 0 Å². The van der Waals surface area contributed by atoms with Gasteiger partial charge < -0.3 is 5.32 Å². The Morgan fingerprint density at radius 1 is 1.25 bits per heavy atom. The number of hydrogen-bond acceptors (Lipinski definition) is 1. The Labute approximate surface area is 76.9 Å². The van der Waals surface area contributed by atoms with Gasteiger partial charge in [-0.25, -0.2) is 0 Å². The Kier molecular flexibility index (Phi) is 4.07. The third-order valence-corrected chi connectivity index (χ3v) is 3.36. The summed E-state index contributed by atoms with van der Waals surface area (Å²) in [4.78, 5) is 0. The molecule has 3 atom stereocenters. The summed E-state index contributed by atoms with van der Waals surface area (Å²) in [5, 5.41) is 3.65. The second-order valence-corrected chi connectivity index (χ2v) is 4.33. The van der Waals surface area contributed by atoms with E-state index in [-0.39, 0.29) is 0 Å². The second-order valence-electron chi connectivity index (χ2n) is 4.33. The molecule has 0 amide bonds. The van der Waals surface area contributed by atoms with Crippen LogP contribution >= 0.6 is 0 Å². The summed E-state index contributed by atoms with van der Waals surface area (Å²) >= 11 is 0. The molecule has 1 aliphatic rings. The van der Waals surface area contributed by atoms with Gasteiger partial charge in [0.15, 0.2) is 0 Å². The Bertz CT molecular complexity index is 122. The average molecular weight is 169 g/mol. The van der Waals surface area contributed by atoms with Gasteiger partial charge in [0.05, 0.1) is 0 Å². The van der Waals surface area contributed by atoms with Crippen molar-refractivity contribution < 1.29 is 0 Å². The normalized spacial score (nSPS) is 36.8. The highest BCUT2D eigenvalue weighted by Crippen LogP contribution is 2.29. The van der Waals surface area contributed by atoms with Crippen molar-refractivity contribution >= 4 is 0 Å². The third-order valence-electron chi connectivity index (χ3n) is 3.36. The lowest BCUT2D eigenvalue weighted by molar-refractivity contribution is 0.207. The largest absolute Gasteiger partial charge is 0.314 e. The minimum absolute atomic E-state index is 0.800. The highest BCUT2D eigenvalue weighted by molar-refractivity contribution is 4.81. The fraction of sp³-hybridized carbons (Fsp3) is 1.00. The van der Waals surface area contributed by atoms with E-state index >= 15 is 0 Å². The van der Waals surface area contributed by atoms with Gasteiger partial charge in [-0.05, 0) is 31.2 Å². The molecule has 1 heteroatoms. The molecule has 0 bridgehead atoms. The second kappa shape index (κ2) is 4.86. The van der Waals surface area contributed by atoms with E-state index in [1.807, 2.05) is 0 Å². The van der Waals surface area contributed by atoms with Gasteiger partial charge in [-0.15, -0.1) is 0 Å². The maximum atomic E-state index is 3.65. The zero-order valence-electron chi connectivity index (χ0n) is 8.77. The molecule has 0 aliphatic heterocycles. The van der Waals surface area contributed by atoms with E-state index in [1.54, 1.807) is 0 Å². The first-order valence-corrected chi connectivity index (χ1v) is 5.49. The van der Waals surface area contributed by atoms with E-state index in [9.17, 15) is 0 Å². The summed E-state index contributed by atoms with van der Waals surface area (Å²) in [6, 6.07) is 0.800. The van der Waals surface area contributed by atoms with Crippen LogP contribution in [0.2, 0.25) is 0 Å². The number of rotatable bonds is 3. The van der Waals surface area contributed by atoms with E-state index in [1.165, 1.54) is 32.2 Å². The molecule has 1 saturated carbocycles. The Morgan fingerprint density at radius 3 is 2.67 bits per heavy atom. The van der Waals surface area contributed by atoms with Gasteiger partial charge in [-0.3, -0.25) is 0 Å². The van der Waals surface area contributed by atoms with E-state index < -0.39 is 0 Å². The van der Waals surface area contributed by atoms with Crippen molar-refractivity contribution in [2.24, 2.45) is 11.8 Å². The molecular formula is C11H23N. The van der Waals surface area contributed by atoms with Gasteiger partial charge in [-0.2, -0.15) is 0 Å². The Morgan fingerprint density at radius 2 is 2.00 bits per heavy atom. The first kappa shape index (κ1) is 10.0. The van der Waals surface area contributed by atoms with Crippen LogP contribution in [0.1, 0.15) is 46.5 Å². The predicted octanol–water partition coefficient (Wildman–Crippen LogP) is 2.81. The highest BCUT2D eigenvalue weighted by atomic mass is 14.9. The molecule has 0 aromatic carbocycles. The van der Waals surface area contributed by atoms with Crippen LogP contribution in [0, 0.1) is 11.8 Å². The van der Waals surface area contributed by atoms with Crippen LogP contribution in [-0.4, -0.2) is 12.6 Å². The Hall–Kier alpha value is -0.0400. The van der Waals surface area contributed by atoms with E-state index in [2.05, 4.69) is 26.1 Å². The number of nitrogens with one attached hydrogen (secondary N) is 1. The maximum Gasteiger partial charge on any atom is 0.00952 e. The van der Waals surface area contributed by atoms with Crippen molar-refractivity contribution in [3.05, 3.63) is 0 Å². The van der Waals surface area contributed by atoms with Gasteiger partial charge >= 0.3 is 0 Å². The monoisotopic (exact) mass is 169 g/mol. The molecule has 1 nitrogen and oxygen atoms in total. The summed E-state index contributed by atoms with van der Waals surface area (Å²) in [7, 11) is 0. The fourth-order valence-electron chi connectivity index (χ4n) is 2.20. The molecule has 12 heavy (non-hydrogen) atoms. The lowest BCUT2D eigenvalue weighted by Gasteiger charge is -2.34. The summed E-state index contributed by atoms with van der Waals surface area (Å²) in [5.41, 5.74) is 0. The average Bonchev–Trinajstić information content (AvgIpc) is 2.08. The van der Waals surface area contributed by atoms with Crippen molar-refractivity contribution in [2.45, 2.75) is 52.5 Å². The van der Waals surface area contributed by atoms with Gasteiger partial charge in [0.25, 0.3) is 0 Å². The van der Waals surface area contributed by atoms with Crippen molar-refractivity contribution in [2.75, 3.05) is 6.54 Å². The number of hydrogen-bond donors (Lipinski definition) is 1. The van der Waals surface area contributed by atoms with Crippen molar-refractivity contribution in [3.63, 3.8) is 0 Å². The zero-order valence-corrected chi connectivity index (χ0v) is 8.77. The van der Waals surface area contributed by atoms with E-state index in [0.717, 1.165) is 17.9 Å². The fourth-order valence-corrected chi connectivity index (χ4v) is 2.20. The molecule has 0 spiro atoms. The molecule has 3 unspecified atom stereocenters. The van der Waals surface area contributed by atoms with Gasteiger partial charge in [0.1, 0.15) is 0 Å². The van der Waals surface area contributed by atoms with Crippen LogP contribution in [0.25, 0.3) is 0 Å². The predicted molar refractivity (Wildman–Crippen MR) is 54.3 cm³/mol.